The lowest BCUT2D eigenvalue weighted by Crippen LogP contribution is -2.31. The summed E-state index contributed by atoms with van der Waals surface area (Å²) in [5, 5.41) is 0. The standard InChI is InChI=1S/C18H24N2O/c1-13-8-9-17(14(2)10-13)18(12-19)20(3)15-6-5-7-16(11-15)21-4/h5-11,18H,12,19H2,1-4H3. The van der Waals surface area contributed by atoms with Gasteiger partial charge < -0.3 is 15.4 Å². The largest absolute Gasteiger partial charge is 0.497 e. The molecule has 0 heterocycles. The Hall–Kier alpha value is -2.00. The zero-order valence-corrected chi connectivity index (χ0v) is 13.3. The van der Waals surface area contributed by atoms with Crippen molar-refractivity contribution in [3.05, 3.63) is 59.2 Å². The minimum Gasteiger partial charge on any atom is -0.497 e. The molecule has 3 nitrogen and oxygen atoms in total. The van der Waals surface area contributed by atoms with E-state index in [1.165, 1.54) is 16.7 Å². The van der Waals surface area contributed by atoms with Crippen molar-refractivity contribution < 1.29 is 4.74 Å². The van der Waals surface area contributed by atoms with E-state index in [0.29, 0.717) is 6.54 Å². The van der Waals surface area contributed by atoms with Crippen LogP contribution in [0.15, 0.2) is 42.5 Å². The Kier molecular flexibility index (Phi) is 4.86. The minimum absolute atomic E-state index is 0.151. The van der Waals surface area contributed by atoms with Crippen molar-refractivity contribution in [1.82, 2.24) is 0 Å². The topological polar surface area (TPSA) is 38.5 Å². The maximum Gasteiger partial charge on any atom is 0.120 e. The molecule has 0 saturated carbocycles. The van der Waals surface area contributed by atoms with Gasteiger partial charge >= 0.3 is 0 Å². The predicted octanol–water partition coefficient (Wildman–Crippen LogP) is 3.45. The number of rotatable bonds is 5. The van der Waals surface area contributed by atoms with Crippen LogP contribution in [0.2, 0.25) is 0 Å². The van der Waals surface area contributed by atoms with Crippen LogP contribution in [0.1, 0.15) is 22.7 Å². The first-order chi connectivity index (χ1) is 10.1. The highest BCUT2D eigenvalue weighted by atomic mass is 16.5. The van der Waals surface area contributed by atoms with Gasteiger partial charge in [0.05, 0.1) is 13.2 Å². The Bertz CT molecular complexity index is 610. The second kappa shape index (κ2) is 6.64. The number of hydrogen-bond acceptors (Lipinski definition) is 3. The van der Waals surface area contributed by atoms with Crippen LogP contribution in [0.4, 0.5) is 5.69 Å². The molecule has 0 bridgehead atoms. The molecule has 0 fully saturated rings. The van der Waals surface area contributed by atoms with Crippen molar-refractivity contribution in [3.63, 3.8) is 0 Å². The lowest BCUT2D eigenvalue weighted by atomic mass is 9.98. The third kappa shape index (κ3) is 3.37. The summed E-state index contributed by atoms with van der Waals surface area (Å²) in [5.74, 6) is 0.857. The third-order valence-electron chi connectivity index (χ3n) is 3.94. The summed E-state index contributed by atoms with van der Waals surface area (Å²) in [4.78, 5) is 2.21. The molecular weight excluding hydrogens is 260 g/mol. The van der Waals surface area contributed by atoms with Gasteiger partial charge in [0.25, 0.3) is 0 Å². The number of anilines is 1. The fourth-order valence-electron chi connectivity index (χ4n) is 2.70. The Morgan fingerprint density at radius 3 is 2.52 bits per heavy atom. The van der Waals surface area contributed by atoms with Gasteiger partial charge in [0.1, 0.15) is 5.75 Å². The summed E-state index contributed by atoms with van der Waals surface area (Å²) < 4.78 is 5.31. The summed E-state index contributed by atoms with van der Waals surface area (Å²) >= 11 is 0. The maximum absolute atomic E-state index is 6.05. The average molecular weight is 284 g/mol. The quantitative estimate of drug-likeness (QED) is 0.914. The van der Waals surface area contributed by atoms with Crippen LogP contribution in [0.3, 0.4) is 0 Å². The highest BCUT2D eigenvalue weighted by Gasteiger charge is 2.18. The van der Waals surface area contributed by atoms with Crippen molar-refractivity contribution in [2.24, 2.45) is 5.73 Å². The number of benzene rings is 2. The van der Waals surface area contributed by atoms with E-state index in [-0.39, 0.29) is 6.04 Å². The van der Waals surface area contributed by atoms with E-state index in [1.807, 2.05) is 18.2 Å². The maximum atomic E-state index is 6.05. The monoisotopic (exact) mass is 284 g/mol. The number of hydrogen-bond donors (Lipinski definition) is 1. The highest BCUT2D eigenvalue weighted by molar-refractivity contribution is 5.53. The molecule has 0 spiro atoms. The highest BCUT2D eigenvalue weighted by Crippen LogP contribution is 2.29. The number of aryl methyl sites for hydroxylation is 2. The average Bonchev–Trinajstić information content (AvgIpc) is 2.50. The smallest absolute Gasteiger partial charge is 0.120 e. The van der Waals surface area contributed by atoms with Crippen molar-refractivity contribution in [2.75, 3.05) is 25.6 Å². The van der Waals surface area contributed by atoms with E-state index < -0.39 is 0 Å². The van der Waals surface area contributed by atoms with Gasteiger partial charge in [0.2, 0.25) is 0 Å². The Labute approximate surface area is 127 Å². The predicted molar refractivity (Wildman–Crippen MR) is 89.1 cm³/mol. The Morgan fingerprint density at radius 2 is 1.90 bits per heavy atom. The summed E-state index contributed by atoms with van der Waals surface area (Å²) in [6, 6.07) is 14.7. The number of methoxy groups -OCH3 is 1. The van der Waals surface area contributed by atoms with Crippen LogP contribution in [-0.2, 0) is 0 Å². The first kappa shape index (κ1) is 15.4. The van der Waals surface area contributed by atoms with Crippen LogP contribution >= 0.6 is 0 Å². The molecule has 0 radical (unpaired) electrons. The molecule has 0 aliphatic rings. The van der Waals surface area contributed by atoms with Crippen molar-refractivity contribution in [3.8, 4) is 5.75 Å². The molecule has 2 rings (SSSR count). The van der Waals surface area contributed by atoms with E-state index in [2.05, 4.69) is 50.1 Å². The summed E-state index contributed by atoms with van der Waals surface area (Å²) in [6.45, 7) is 4.82. The molecule has 0 aliphatic heterocycles. The van der Waals surface area contributed by atoms with Gasteiger partial charge in [-0.05, 0) is 37.1 Å². The van der Waals surface area contributed by atoms with Crippen LogP contribution in [0.5, 0.6) is 5.75 Å². The van der Waals surface area contributed by atoms with Crippen LogP contribution in [-0.4, -0.2) is 20.7 Å². The van der Waals surface area contributed by atoms with Crippen LogP contribution < -0.4 is 15.4 Å². The van der Waals surface area contributed by atoms with Crippen molar-refractivity contribution >= 4 is 5.69 Å². The number of ether oxygens (including phenoxy) is 1. The molecule has 0 amide bonds. The fraction of sp³-hybridized carbons (Fsp3) is 0.333. The van der Waals surface area contributed by atoms with Gasteiger partial charge in [-0.2, -0.15) is 0 Å². The summed E-state index contributed by atoms with van der Waals surface area (Å²) in [6.07, 6.45) is 0. The first-order valence-corrected chi connectivity index (χ1v) is 7.21. The molecule has 1 atom stereocenters. The molecule has 2 aromatic carbocycles. The lowest BCUT2D eigenvalue weighted by Gasteiger charge is -2.31. The van der Waals surface area contributed by atoms with E-state index in [9.17, 15) is 0 Å². The molecule has 112 valence electrons. The fourth-order valence-corrected chi connectivity index (χ4v) is 2.70. The minimum atomic E-state index is 0.151. The number of likely N-dealkylation sites (N-methyl/N-ethyl adjacent to an activating group) is 1. The second-order valence-electron chi connectivity index (χ2n) is 5.42. The van der Waals surface area contributed by atoms with Gasteiger partial charge in [0.15, 0.2) is 0 Å². The Balaban J connectivity index is 2.35. The van der Waals surface area contributed by atoms with E-state index in [1.54, 1.807) is 7.11 Å². The van der Waals surface area contributed by atoms with Gasteiger partial charge in [-0.15, -0.1) is 0 Å². The van der Waals surface area contributed by atoms with E-state index >= 15 is 0 Å². The lowest BCUT2D eigenvalue weighted by molar-refractivity contribution is 0.414. The van der Waals surface area contributed by atoms with Crippen molar-refractivity contribution in [2.45, 2.75) is 19.9 Å². The van der Waals surface area contributed by atoms with Crippen LogP contribution in [0.25, 0.3) is 0 Å². The molecular formula is C18H24N2O. The van der Waals surface area contributed by atoms with E-state index in [4.69, 9.17) is 10.5 Å². The summed E-state index contributed by atoms with van der Waals surface area (Å²) in [5.41, 5.74) is 11.0. The molecule has 3 heteroatoms. The zero-order valence-electron chi connectivity index (χ0n) is 13.3. The molecule has 0 aliphatic carbocycles. The van der Waals surface area contributed by atoms with E-state index in [0.717, 1.165) is 11.4 Å². The molecule has 0 saturated heterocycles. The SMILES string of the molecule is COc1cccc(N(C)C(CN)c2ccc(C)cc2C)c1. The normalized spacial score (nSPS) is 12.0. The van der Waals surface area contributed by atoms with Gasteiger partial charge in [-0.1, -0.05) is 29.8 Å². The molecule has 1 unspecified atom stereocenters. The Morgan fingerprint density at radius 1 is 1.14 bits per heavy atom. The van der Waals surface area contributed by atoms with Gasteiger partial charge in [0, 0.05) is 25.3 Å². The van der Waals surface area contributed by atoms with Gasteiger partial charge in [-0.25, -0.2) is 0 Å². The molecule has 2 aromatic rings. The third-order valence-corrected chi connectivity index (χ3v) is 3.94. The molecule has 2 N–H and O–H groups in total. The zero-order chi connectivity index (χ0) is 15.4. The van der Waals surface area contributed by atoms with Gasteiger partial charge in [-0.3, -0.25) is 0 Å². The van der Waals surface area contributed by atoms with Crippen molar-refractivity contribution in [1.29, 1.82) is 0 Å². The molecule has 0 aromatic heterocycles. The summed E-state index contributed by atoms with van der Waals surface area (Å²) in [7, 11) is 3.76. The molecule has 21 heavy (non-hydrogen) atoms. The number of nitrogens with zero attached hydrogens (tertiary/aromatic N) is 1. The van der Waals surface area contributed by atoms with Crippen LogP contribution in [0, 0.1) is 13.8 Å². The first-order valence-electron chi connectivity index (χ1n) is 7.21. The second-order valence-corrected chi connectivity index (χ2v) is 5.42. The number of nitrogens with two attached hydrogens (primary N) is 1.